The standard InChI is InChI=1S/C12H15ClN2O3/c1-2-3-4-10(12(17)18)15-11(16)8-7-14-6-5-9(8)13/h5-7,10H,2-4H2,1H3,(H,15,16)(H,17,18). The molecule has 0 spiro atoms. The van der Waals surface area contributed by atoms with Gasteiger partial charge in [-0.05, 0) is 12.5 Å². The maximum Gasteiger partial charge on any atom is 0.326 e. The van der Waals surface area contributed by atoms with Crippen LogP contribution in [0.4, 0.5) is 0 Å². The van der Waals surface area contributed by atoms with E-state index in [1.807, 2.05) is 6.92 Å². The first-order valence-corrected chi connectivity index (χ1v) is 6.07. The van der Waals surface area contributed by atoms with Crippen LogP contribution in [0.3, 0.4) is 0 Å². The molecule has 1 atom stereocenters. The number of carboxylic acid groups (broad SMARTS) is 1. The lowest BCUT2D eigenvalue weighted by Crippen LogP contribution is -2.40. The van der Waals surface area contributed by atoms with Crippen LogP contribution in [0.15, 0.2) is 18.5 Å². The highest BCUT2D eigenvalue weighted by Crippen LogP contribution is 2.13. The number of nitrogens with zero attached hydrogens (tertiary/aromatic N) is 1. The van der Waals surface area contributed by atoms with Gasteiger partial charge in [0.05, 0.1) is 10.6 Å². The molecule has 0 saturated heterocycles. The largest absolute Gasteiger partial charge is 0.480 e. The Morgan fingerprint density at radius 2 is 2.28 bits per heavy atom. The van der Waals surface area contributed by atoms with E-state index in [1.165, 1.54) is 18.5 Å². The topological polar surface area (TPSA) is 79.3 Å². The number of aromatic nitrogens is 1. The molecular formula is C12H15ClN2O3. The third-order valence-corrected chi connectivity index (χ3v) is 2.79. The highest BCUT2D eigenvalue weighted by Gasteiger charge is 2.21. The van der Waals surface area contributed by atoms with E-state index < -0.39 is 17.9 Å². The zero-order valence-corrected chi connectivity index (χ0v) is 10.8. The van der Waals surface area contributed by atoms with E-state index in [0.717, 1.165) is 12.8 Å². The molecule has 0 aliphatic heterocycles. The van der Waals surface area contributed by atoms with Crippen LogP contribution >= 0.6 is 11.6 Å². The number of carbonyl (C=O) groups is 2. The van der Waals surface area contributed by atoms with Crippen LogP contribution in [-0.2, 0) is 4.79 Å². The zero-order chi connectivity index (χ0) is 13.5. The summed E-state index contributed by atoms with van der Waals surface area (Å²) in [6.07, 6.45) is 4.78. The van der Waals surface area contributed by atoms with Gasteiger partial charge in [0.2, 0.25) is 0 Å². The van der Waals surface area contributed by atoms with E-state index in [9.17, 15) is 9.59 Å². The van der Waals surface area contributed by atoms with Crippen molar-refractivity contribution < 1.29 is 14.7 Å². The summed E-state index contributed by atoms with van der Waals surface area (Å²) in [6, 6.07) is 0.590. The number of hydrogen-bond acceptors (Lipinski definition) is 3. The number of carboxylic acids is 1. The van der Waals surface area contributed by atoms with Gasteiger partial charge >= 0.3 is 5.97 Å². The fourth-order valence-corrected chi connectivity index (χ4v) is 1.64. The second-order valence-corrected chi connectivity index (χ2v) is 4.27. The normalized spacial score (nSPS) is 11.9. The lowest BCUT2D eigenvalue weighted by atomic mass is 10.1. The van der Waals surface area contributed by atoms with Crippen molar-refractivity contribution in [2.45, 2.75) is 32.2 Å². The van der Waals surface area contributed by atoms with Gasteiger partial charge in [-0.2, -0.15) is 0 Å². The van der Waals surface area contributed by atoms with Gasteiger partial charge in [-0.25, -0.2) is 4.79 Å². The van der Waals surface area contributed by atoms with Crippen molar-refractivity contribution in [1.82, 2.24) is 10.3 Å². The minimum absolute atomic E-state index is 0.182. The van der Waals surface area contributed by atoms with Crippen molar-refractivity contribution in [3.05, 3.63) is 29.0 Å². The molecule has 0 bridgehead atoms. The average molecular weight is 271 g/mol. The molecule has 0 aromatic carbocycles. The van der Waals surface area contributed by atoms with Gasteiger partial charge in [-0.1, -0.05) is 31.4 Å². The zero-order valence-electron chi connectivity index (χ0n) is 10.0. The smallest absolute Gasteiger partial charge is 0.326 e. The molecule has 0 fully saturated rings. The summed E-state index contributed by atoms with van der Waals surface area (Å²) in [5, 5.41) is 11.7. The van der Waals surface area contributed by atoms with Crippen molar-refractivity contribution in [2.24, 2.45) is 0 Å². The predicted octanol–water partition coefficient (Wildman–Crippen LogP) is 2.11. The molecule has 0 aliphatic rings. The first kappa shape index (κ1) is 14.4. The Balaban J connectivity index is 2.72. The molecule has 98 valence electrons. The van der Waals surface area contributed by atoms with E-state index in [1.54, 1.807) is 0 Å². The third-order valence-electron chi connectivity index (χ3n) is 2.46. The van der Waals surface area contributed by atoms with Gasteiger partial charge in [0.1, 0.15) is 6.04 Å². The van der Waals surface area contributed by atoms with Gasteiger partial charge < -0.3 is 10.4 Å². The average Bonchev–Trinajstić information content (AvgIpc) is 2.34. The number of rotatable bonds is 6. The molecule has 1 unspecified atom stereocenters. The first-order chi connectivity index (χ1) is 8.56. The number of hydrogen-bond donors (Lipinski definition) is 2. The monoisotopic (exact) mass is 270 g/mol. The van der Waals surface area contributed by atoms with Gasteiger partial charge in [0.25, 0.3) is 5.91 Å². The van der Waals surface area contributed by atoms with Crippen molar-refractivity contribution in [3.8, 4) is 0 Å². The number of nitrogens with one attached hydrogen (secondary N) is 1. The van der Waals surface area contributed by atoms with Crippen LogP contribution < -0.4 is 5.32 Å². The van der Waals surface area contributed by atoms with Crippen LogP contribution in [0.1, 0.15) is 36.5 Å². The highest BCUT2D eigenvalue weighted by atomic mass is 35.5. The molecule has 1 amide bonds. The molecule has 1 heterocycles. The van der Waals surface area contributed by atoms with Crippen molar-refractivity contribution in [1.29, 1.82) is 0 Å². The van der Waals surface area contributed by atoms with Gasteiger partial charge in [0, 0.05) is 12.4 Å². The number of unbranched alkanes of at least 4 members (excludes halogenated alkanes) is 1. The van der Waals surface area contributed by atoms with E-state index in [2.05, 4.69) is 10.3 Å². The van der Waals surface area contributed by atoms with Crippen molar-refractivity contribution >= 4 is 23.5 Å². The second kappa shape index (κ2) is 6.96. The minimum atomic E-state index is -1.04. The van der Waals surface area contributed by atoms with Gasteiger partial charge in [-0.15, -0.1) is 0 Å². The molecular weight excluding hydrogens is 256 g/mol. The van der Waals surface area contributed by atoms with Crippen molar-refractivity contribution in [3.63, 3.8) is 0 Å². The van der Waals surface area contributed by atoms with Crippen molar-refractivity contribution in [2.75, 3.05) is 0 Å². The summed E-state index contributed by atoms with van der Waals surface area (Å²) in [6.45, 7) is 1.96. The number of aliphatic carboxylic acids is 1. The highest BCUT2D eigenvalue weighted by molar-refractivity contribution is 6.33. The molecule has 2 N–H and O–H groups in total. The fourth-order valence-electron chi connectivity index (χ4n) is 1.45. The molecule has 1 rings (SSSR count). The minimum Gasteiger partial charge on any atom is -0.480 e. The lowest BCUT2D eigenvalue weighted by Gasteiger charge is -2.14. The third kappa shape index (κ3) is 4.00. The Morgan fingerprint density at radius 1 is 1.56 bits per heavy atom. The summed E-state index contributed by atoms with van der Waals surface area (Å²) < 4.78 is 0. The van der Waals surface area contributed by atoms with Crippen LogP contribution in [0.25, 0.3) is 0 Å². The summed E-state index contributed by atoms with van der Waals surface area (Å²) in [7, 11) is 0. The molecule has 18 heavy (non-hydrogen) atoms. The summed E-state index contributed by atoms with van der Waals surface area (Å²) in [5.41, 5.74) is 0.182. The maximum absolute atomic E-state index is 11.8. The summed E-state index contributed by atoms with van der Waals surface area (Å²) in [4.78, 5) is 26.6. The lowest BCUT2D eigenvalue weighted by molar-refractivity contribution is -0.139. The van der Waals surface area contributed by atoms with Crippen LogP contribution in [0.5, 0.6) is 0 Å². The molecule has 6 heteroatoms. The van der Waals surface area contributed by atoms with Gasteiger partial charge in [0.15, 0.2) is 0 Å². The summed E-state index contributed by atoms with van der Waals surface area (Å²) in [5.74, 6) is -1.56. The Kier molecular flexibility index (Phi) is 5.58. The first-order valence-electron chi connectivity index (χ1n) is 5.69. The van der Waals surface area contributed by atoms with E-state index in [4.69, 9.17) is 16.7 Å². The van der Waals surface area contributed by atoms with Crippen LogP contribution in [-0.4, -0.2) is 28.0 Å². The SMILES string of the molecule is CCCCC(NC(=O)c1cnccc1Cl)C(=O)O. The fraction of sp³-hybridized carbons (Fsp3) is 0.417. The summed E-state index contributed by atoms with van der Waals surface area (Å²) >= 11 is 5.84. The van der Waals surface area contributed by atoms with Crippen LogP contribution in [0.2, 0.25) is 5.02 Å². The Morgan fingerprint density at radius 3 is 2.83 bits per heavy atom. The molecule has 0 radical (unpaired) electrons. The quantitative estimate of drug-likeness (QED) is 0.830. The van der Waals surface area contributed by atoms with Gasteiger partial charge in [-0.3, -0.25) is 9.78 Å². The number of halogens is 1. The van der Waals surface area contributed by atoms with E-state index >= 15 is 0 Å². The molecule has 5 nitrogen and oxygen atoms in total. The van der Waals surface area contributed by atoms with E-state index in [0.29, 0.717) is 6.42 Å². The predicted molar refractivity (Wildman–Crippen MR) is 67.7 cm³/mol. The number of carbonyl (C=O) groups excluding carboxylic acids is 1. The van der Waals surface area contributed by atoms with Crippen LogP contribution in [0, 0.1) is 0 Å². The Hall–Kier alpha value is -1.62. The molecule has 1 aromatic rings. The second-order valence-electron chi connectivity index (χ2n) is 3.86. The molecule has 0 saturated carbocycles. The Bertz CT molecular complexity index is 437. The number of amides is 1. The number of pyridine rings is 1. The maximum atomic E-state index is 11.8. The molecule has 0 aliphatic carbocycles. The van der Waals surface area contributed by atoms with E-state index in [-0.39, 0.29) is 10.6 Å². The Labute approximate surface area is 110 Å². The molecule has 1 aromatic heterocycles.